The molecule has 0 amide bonds. The highest BCUT2D eigenvalue weighted by Crippen LogP contribution is 2.15. The fourth-order valence-corrected chi connectivity index (χ4v) is 1.17. The summed E-state index contributed by atoms with van der Waals surface area (Å²) in [6, 6.07) is 9.87. The van der Waals surface area contributed by atoms with E-state index in [1.807, 2.05) is 30.3 Å². The summed E-state index contributed by atoms with van der Waals surface area (Å²) in [6.45, 7) is 9.76. The average Bonchev–Trinajstić information content (AvgIpc) is 2.29. The van der Waals surface area contributed by atoms with Crippen molar-refractivity contribution in [2.45, 2.75) is 27.7 Å². The van der Waals surface area contributed by atoms with E-state index < -0.39 is 0 Å². The lowest BCUT2D eigenvalue weighted by Crippen LogP contribution is -2.27. The molecule has 1 aromatic rings. The molecule has 0 aliphatic carbocycles. The van der Waals surface area contributed by atoms with Crippen molar-refractivity contribution in [1.82, 2.24) is 0 Å². The predicted octanol–water partition coefficient (Wildman–Crippen LogP) is 3.67. The van der Waals surface area contributed by atoms with Gasteiger partial charge in [0.05, 0.1) is 18.9 Å². The number of anilines is 1. The normalized spacial score (nSPS) is 11.2. The van der Waals surface area contributed by atoms with Crippen LogP contribution in [-0.4, -0.2) is 13.2 Å². The van der Waals surface area contributed by atoms with Crippen LogP contribution in [0.25, 0.3) is 0 Å². The summed E-state index contributed by atoms with van der Waals surface area (Å²) < 4.78 is 0. The van der Waals surface area contributed by atoms with E-state index in [-0.39, 0.29) is 0 Å². The zero-order valence-corrected chi connectivity index (χ0v) is 11.2. The van der Waals surface area contributed by atoms with E-state index in [4.69, 9.17) is 9.68 Å². The first kappa shape index (κ1) is 14.0. The average molecular weight is 237 g/mol. The molecule has 0 radical (unpaired) electrons. The van der Waals surface area contributed by atoms with Gasteiger partial charge in [-0.15, -0.1) is 5.23 Å². The number of hydrogen-bond donors (Lipinski definition) is 0. The molecular weight excluding hydrogens is 214 g/mol. The van der Waals surface area contributed by atoms with Gasteiger partial charge in [-0.1, -0.05) is 45.9 Å². The molecule has 17 heavy (non-hydrogen) atoms. The molecule has 0 heterocycles. The van der Waals surface area contributed by atoms with E-state index in [2.05, 4.69) is 27.7 Å². The van der Waals surface area contributed by atoms with Crippen LogP contribution in [0.1, 0.15) is 27.7 Å². The number of rotatable bonds is 7. The summed E-state index contributed by atoms with van der Waals surface area (Å²) in [5.74, 6) is 0.952. The van der Waals surface area contributed by atoms with Crippen LogP contribution in [0.2, 0.25) is 0 Å². The molecule has 0 aliphatic heterocycles. The summed E-state index contributed by atoms with van der Waals surface area (Å²) in [5, 5.41) is 1.53. The van der Waals surface area contributed by atoms with Gasteiger partial charge in [0, 0.05) is 0 Å². The molecule has 0 saturated carbocycles. The Labute approximate surface area is 104 Å². The molecule has 0 fully saturated rings. The summed E-state index contributed by atoms with van der Waals surface area (Å²) in [5.41, 5.74) is 0.925. The highest BCUT2D eigenvalue weighted by Gasteiger charge is 2.09. The first-order valence-electron chi connectivity index (χ1n) is 6.20. The monoisotopic (exact) mass is 237 g/mol. The molecule has 1 rings (SSSR count). The third-order valence-corrected chi connectivity index (χ3v) is 2.02. The molecule has 0 N–H and O–H groups in total. The second-order valence-corrected chi connectivity index (χ2v) is 4.97. The van der Waals surface area contributed by atoms with E-state index in [9.17, 15) is 0 Å². The molecular formula is C14H23NO2. The smallest absolute Gasteiger partial charge is 0.0947 e. The number of benzene rings is 1. The van der Waals surface area contributed by atoms with Crippen LogP contribution in [0.5, 0.6) is 0 Å². The first-order chi connectivity index (χ1) is 8.09. The lowest BCUT2D eigenvalue weighted by molar-refractivity contribution is -0.103. The summed E-state index contributed by atoms with van der Waals surface area (Å²) in [6.07, 6.45) is 0. The van der Waals surface area contributed by atoms with Gasteiger partial charge in [-0.2, -0.15) is 0 Å². The van der Waals surface area contributed by atoms with Crippen molar-refractivity contribution >= 4 is 5.69 Å². The third kappa shape index (κ3) is 5.71. The van der Waals surface area contributed by atoms with E-state index in [1.165, 1.54) is 5.23 Å². The van der Waals surface area contributed by atoms with Gasteiger partial charge < -0.3 is 0 Å². The lowest BCUT2D eigenvalue weighted by atomic mass is 10.2. The van der Waals surface area contributed by atoms with Crippen LogP contribution >= 0.6 is 0 Å². The Hall–Kier alpha value is -1.06. The van der Waals surface area contributed by atoms with Crippen molar-refractivity contribution in [3.63, 3.8) is 0 Å². The second-order valence-electron chi connectivity index (χ2n) is 4.97. The zero-order valence-electron chi connectivity index (χ0n) is 11.2. The number of hydrogen-bond acceptors (Lipinski definition) is 3. The Bertz CT molecular complexity index is 286. The topological polar surface area (TPSA) is 21.7 Å². The van der Waals surface area contributed by atoms with Crippen molar-refractivity contribution in [2.75, 3.05) is 18.4 Å². The standard InChI is InChI=1S/C14H23NO2/c1-12(2)10-16-15(17-11-13(3)4)14-8-6-5-7-9-14/h5-9,12-13H,10-11H2,1-4H3. The van der Waals surface area contributed by atoms with Gasteiger partial charge in [0.1, 0.15) is 0 Å². The van der Waals surface area contributed by atoms with Crippen LogP contribution in [-0.2, 0) is 9.68 Å². The predicted molar refractivity (Wildman–Crippen MR) is 70.5 cm³/mol. The SMILES string of the molecule is CC(C)CON(OCC(C)C)c1ccccc1. The van der Waals surface area contributed by atoms with Gasteiger partial charge in [0.2, 0.25) is 0 Å². The Morgan fingerprint density at radius 2 is 1.35 bits per heavy atom. The third-order valence-electron chi connectivity index (χ3n) is 2.02. The Morgan fingerprint density at radius 3 is 1.76 bits per heavy atom. The van der Waals surface area contributed by atoms with Crippen LogP contribution in [0.15, 0.2) is 30.3 Å². The molecule has 0 atom stereocenters. The van der Waals surface area contributed by atoms with Gasteiger partial charge in [0.25, 0.3) is 0 Å². The van der Waals surface area contributed by atoms with E-state index in [1.54, 1.807) is 0 Å². The van der Waals surface area contributed by atoms with Gasteiger partial charge in [-0.3, -0.25) is 0 Å². The number of para-hydroxylation sites is 1. The van der Waals surface area contributed by atoms with E-state index >= 15 is 0 Å². The first-order valence-corrected chi connectivity index (χ1v) is 6.20. The molecule has 1 aromatic carbocycles. The molecule has 0 unspecified atom stereocenters. The maximum absolute atomic E-state index is 5.65. The van der Waals surface area contributed by atoms with Gasteiger partial charge in [-0.05, 0) is 24.0 Å². The van der Waals surface area contributed by atoms with Crippen LogP contribution in [0.4, 0.5) is 5.69 Å². The minimum absolute atomic E-state index is 0.476. The molecule has 0 saturated heterocycles. The van der Waals surface area contributed by atoms with Gasteiger partial charge in [-0.25, -0.2) is 9.68 Å². The lowest BCUT2D eigenvalue weighted by Gasteiger charge is -2.24. The fourth-order valence-electron chi connectivity index (χ4n) is 1.17. The van der Waals surface area contributed by atoms with Crippen molar-refractivity contribution in [3.05, 3.63) is 30.3 Å². The summed E-state index contributed by atoms with van der Waals surface area (Å²) >= 11 is 0. The van der Waals surface area contributed by atoms with E-state index in [0.29, 0.717) is 25.0 Å². The molecule has 0 aromatic heterocycles. The zero-order chi connectivity index (χ0) is 12.7. The molecule has 0 aliphatic rings. The fraction of sp³-hybridized carbons (Fsp3) is 0.571. The largest absolute Gasteiger partial charge is 0.248 e. The van der Waals surface area contributed by atoms with Gasteiger partial charge >= 0.3 is 0 Å². The Balaban J connectivity index is 2.58. The molecule has 0 spiro atoms. The van der Waals surface area contributed by atoms with Crippen molar-refractivity contribution < 1.29 is 9.68 Å². The summed E-state index contributed by atoms with van der Waals surface area (Å²) in [4.78, 5) is 11.3. The van der Waals surface area contributed by atoms with Gasteiger partial charge in [0.15, 0.2) is 0 Å². The summed E-state index contributed by atoms with van der Waals surface area (Å²) in [7, 11) is 0. The number of nitrogens with zero attached hydrogens (tertiary/aromatic N) is 1. The maximum atomic E-state index is 5.65. The van der Waals surface area contributed by atoms with Crippen LogP contribution in [0.3, 0.4) is 0 Å². The van der Waals surface area contributed by atoms with Crippen LogP contribution in [0, 0.1) is 11.8 Å². The molecule has 3 nitrogen and oxygen atoms in total. The maximum Gasteiger partial charge on any atom is 0.0947 e. The minimum Gasteiger partial charge on any atom is -0.248 e. The Morgan fingerprint density at radius 1 is 0.882 bits per heavy atom. The minimum atomic E-state index is 0.476. The highest BCUT2D eigenvalue weighted by atomic mass is 16.9. The van der Waals surface area contributed by atoms with Crippen molar-refractivity contribution in [2.24, 2.45) is 11.8 Å². The quantitative estimate of drug-likeness (QED) is 0.675. The molecule has 3 heteroatoms. The van der Waals surface area contributed by atoms with Crippen molar-refractivity contribution in [1.29, 1.82) is 0 Å². The van der Waals surface area contributed by atoms with Crippen molar-refractivity contribution in [3.8, 4) is 0 Å². The van der Waals surface area contributed by atoms with Crippen LogP contribution < -0.4 is 5.23 Å². The highest BCUT2D eigenvalue weighted by molar-refractivity contribution is 5.40. The molecule has 96 valence electrons. The Kier molecular flexibility index (Phi) is 6.01. The molecule has 0 bridgehead atoms. The second kappa shape index (κ2) is 7.30. The van der Waals surface area contributed by atoms with E-state index in [0.717, 1.165) is 5.69 Å².